The van der Waals surface area contributed by atoms with E-state index < -0.39 is 10.0 Å². The number of methoxy groups -OCH3 is 1. The number of benzene rings is 1. The van der Waals surface area contributed by atoms with Crippen LogP contribution >= 0.6 is 0 Å². The maximum atomic E-state index is 12.8. The van der Waals surface area contributed by atoms with Crippen LogP contribution in [0, 0.1) is 13.8 Å². The molecule has 7 nitrogen and oxygen atoms in total. The molecule has 1 unspecified atom stereocenters. The van der Waals surface area contributed by atoms with Crippen LogP contribution in [0.2, 0.25) is 0 Å². The lowest BCUT2D eigenvalue weighted by atomic mass is 10.0. The maximum Gasteiger partial charge on any atom is 0.246 e. The second-order valence-corrected chi connectivity index (χ2v) is 8.21. The van der Waals surface area contributed by atoms with Crippen molar-refractivity contribution in [3.63, 3.8) is 0 Å². The summed E-state index contributed by atoms with van der Waals surface area (Å²) < 4.78 is 38.8. The van der Waals surface area contributed by atoms with Gasteiger partial charge in [0.1, 0.15) is 16.3 Å². The highest BCUT2D eigenvalue weighted by Crippen LogP contribution is 2.31. The molecule has 1 aliphatic heterocycles. The van der Waals surface area contributed by atoms with Gasteiger partial charge in [-0.1, -0.05) is 23.4 Å². The number of nitrogens with one attached hydrogen (secondary N) is 1. The number of aromatic nitrogens is 1. The zero-order valence-corrected chi connectivity index (χ0v) is 16.2. The van der Waals surface area contributed by atoms with E-state index in [0.717, 1.165) is 37.2 Å². The van der Waals surface area contributed by atoms with E-state index >= 15 is 0 Å². The number of ether oxygens (including phenoxy) is 1. The molecule has 1 aliphatic rings. The van der Waals surface area contributed by atoms with Crippen LogP contribution in [0.4, 0.5) is 0 Å². The molecule has 0 amide bonds. The van der Waals surface area contributed by atoms with Gasteiger partial charge in [0, 0.05) is 12.1 Å². The second kappa shape index (κ2) is 7.77. The molecule has 0 bridgehead atoms. The Balaban J connectivity index is 1.87. The van der Waals surface area contributed by atoms with Gasteiger partial charge in [-0.25, -0.2) is 13.1 Å². The fourth-order valence-corrected chi connectivity index (χ4v) is 4.91. The molecule has 2 heterocycles. The van der Waals surface area contributed by atoms with E-state index in [1.54, 1.807) is 21.0 Å². The van der Waals surface area contributed by atoms with Gasteiger partial charge in [-0.05, 0) is 45.8 Å². The fraction of sp³-hybridized carbons (Fsp3) is 0.500. The van der Waals surface area contributed by atoms with E-state index in [2.05, 4.69) is 14.8 Å². The van der Waals surface area contributed by atoms with Crippen molar-refractivity contribution >= 4 is 10.0 Å². The largest absolute Gasteiger partial charge is 0.496 e. The molecule has 1 atom stereocenters. The Labute approximate surface area is 154 Å². The van der Waals surface area contributed by atoms with Crippen LogP contribution in [0.25, 0.3) is 0 Å². The number of likely N-dealkylation sites (tertiary alicyclic amines) is 1. The van der Waals surface area contributed by atoms with E-state index in [4.69, 9.17) is 9.26 Å². The summed E-state index contributed by atoms with van der Waals surface area (Å²) in [5.74, 6) is 1.06. The van der Waals surface area contributed by atoms with Crippen molar-refractivity contribution < 1.29 is 17.7 Å². The van der Waals surface area contributed by atoms with Crippen LogP contribution in [0.15, 0.2) is 33.7 Å². The molecule has 0 spiro atoms. The summed E-state index contributed by atoms with van der Waals surface area (Å²) in [7, 11) is -2.07. The monoisotopic (exact) mass is 379 g/mol. The lowest BCUT2D eigenvalue weighted by molar-refractivity contribution is 0.240. The number of sulfonamides is 1. The van der Waals surface area contributed by atoms with Gasteiger partial charge in [0.2, 0.25) is 10.0 Å². The number of nitrogens with zero attached hydrogens (tertiary/aromatic N) is 2. The van der Waals surface area contributed by atoms with Crippen LogP contribution in [-0.2, 0) is 10.0 Å². The Kier molecular flexibility index (Phi) is 5.64. The van der Waals surface area contributed by atoms with Crippen LogP contribution < -0.4 is 9.46 Å². The quantitative estimate of drug-likeness (QED) is 0.795. The molecular formula is C18H25N3O4S. The van der Waals surface area contributed by atoms with Gasteiger partial charge in [-0.3, -0.25) is 4.90 Å². The second-order valence-electron chi connectivity index (χ2n) is 6.51. The molecule has 1 aromatic carbocycles. The predicted molar refractivity (Wildman–Crippen MR) is 97.7 cm³/mol. The number of para-hydroxylation sites is 1. The van der Waals surface area contributed by atoms with E-state index in [1.165, 1.54) is 0 Å². The molecule has 1 aromatic heterocycles. The molecule has 2 aromatic rings. The topological polar surface area (TPSA) is 84.7 Å². The first kappa shape index (κ1) is 18.9. The lowest BCUT2D eigenvalue weighted by Gasteiger charge is -2.29. The zero-order chi connectivity index (χ0) is 18.7. The molecule has 0 saturated carbocycles. The van der Waals surface area contributed by atoms with Crippen LogP contribution in [0.1, 0.15) is 35.9 Å². The average Bonchev–Trinajstić information content (AvgIpc) is 3.26. The third kappa shape index (κ3) is 3.77. The molecule has 3 rings (SSSR count). The lowest BCUT2D eigenvalue weighted by Crippen LogP contribution is -2.37. The summed E-state index contributed by atoms with van der Waals surface area (Å²) in [6.07, 6.45) is 2.23. The highest BCUT2D eigenvalue weighted by Gasteiger charge is 2.29. The molecule has 8 heteroatoms. The molecule has 0 radical (unpaired) electrons. The third-order valence-corrected chi connectivity index (χ3v) is 6.45. The number of aryl methyl sites for hydroxylation is 2. The standard InChI is InChI=1S/C18H25N3O4S/c1-13-18(14(2)25-20-13)26(22,23)19-12-16(21-10-6-7-11-21)15-8-4-5-9-17(15)24-3/h4-5,8-9,16,19H,6-7,10-12H2,1-3H3. The Morgan fingerprint density at radius 2 is 1.96 bits per heavy atom. The average molecular weight is 379 g/mol. The van der Waals surface area contributed by atoms with Gasteiger partial charge in [-0.2, -0.15) is 0 Å². The van der Waals surface area contributed by atoms with Gasteiger partial charge in [0.05, 0.1) is 13.2 Å². The normalized spacial score (nSPS) is 16.7. The minimum atomic E-state index is -3.70. The SMILES string of the molecule is COc1ccccc1C(CNS(=O)(=O)c1c(C)noc1C)N1CCCC1. The Hall–Kier alpha value is -1.90. The Morgan fingerprint density at radius 3 is 2.58 bits per heavy atom. The van der Waals surface area contributed by atoms with E-state index in [-0.39, 0.29) is 17.5 Å². The van der Waals surface area contributed by atoms with Crippen molar-refractivity contribution in [3.8, 4) is 5.75 Å². The summed E-state index contributed by atoms with van der Waals surface area (Å²) in [4.78, 5) is 2.42. The highest BCUT2D eigenvalue weighted by molar-refractivity contribution is 7.89. The molecule has 142 valence electrons. The van der Waals surface area contributed by atoms with Crippen molar-refractivity contribution in [2.24, 2.45) is 0 Å². The Morgan fingerprint density at radius 1 is 1.27 bits per heavy atom. The maximum absolute atomic E-state index is 12.8. The smallest absolute Gasteiger partial charge is 0.246 e. The van der Waals surface area contributed by atoms with Gasteiger partial charge in [0.15, 0.2) is 5.76 Å². The van der Waals surface area contributed by atoms with E-state index in [1.807, 2.05) is 24.3 Å². The van der Waals surface area contributed by atoms with E-state index in [0.29, 0.717) is 11.5 Å². The van der Waals surface area contributed by atoms with E-state index in [9.17, 15) is 8.42 Å². The van der Waals surface area contributed by atoms with Crippen molar-refractivity contribution in [2.75, 3.05) is 26.7 Å². The molecule has 26 heavy (non-hydrogen) atoms. The van der Waals surface area contributed by atoms with Crippen LogP contribution in [-0.4, -0.2) is 45.2 Å². The molecule has 1 N–H and O–H groups in total. The van der Waals surface area contributed by atoms with Crippen LogP contribution in [0.5, 0.6) is 5.75 Å². The van der Waals surface area contributed by atoms with Crippen molar-refractivity contribution in [2.45, 2.75) is 37.6 Å². The first-order valence-corrected chi connectivity index (χ1v) is 10.2. The zero-order valence-electron chi connectivity index (χ0n) is 15.4. The highest BCUT2D eigenvalue weighted by atomic mass is 32.2. The molecule has 1 fully saturated rings. The number of hydrogen-bond donors (Lipinski definition) is 1. The van der Waals surface area contributed by atoms with Crippen molar-refractivity contribution in [1.82, 2.24) is 14.8 Å². The first-order valence-electron chi connectivity index (χ1n) is 8.73. The van der Waals surface area contributed by atoms with Gasteiger partial charge in [0.25, 0.3) is 0 Å². The molecule has 0 aliphatic carbocycles. The number of rotatable bonds is 7. The first-order chi connectivity index (χ1) is 12.4. The van der Waals surface area contributed by atoms with Gasteiger partial charge < -0.3 is 9.26 Å². The molecular weight excluding hydrogens is 354 g/mol. The Bertz CT molecular complexity index is 838. The summed E-state index contributed by atoms with van der Waals surface area (Å²) >= 11 is 0. The van der Waals surface area contributed by atoms with Crippen molar-refractivity contribution in [3.05, 3.63) is 41.3 Å². The summed E-state index contributed by atoms with van der Waals surface area (Å²) in [6.45, 7) is 5.37. The summed E-state index contributed by atoms with van der Waals surface area (Å²) in [6, 6.07) is 7.66. The fourth-order valence-electron chi connectivity index (χ4n) is 3.55. The van der Waals surface area contributed by atoms with Crippen molar-refractivity contribution in [1.29, 1.82) is 0 Å². The number of hydrogen-bond acceptors (Lipinski definition) is 6. The predicted octanol–water partition coefficient (Wildman–Crippen LogP) is 2.42. The summed E-state index contributed by atoms with van der Waals surface area (Å²) in [5.41, 5.74) is 1.35. The van der Waals surface area contributed by atoms with Crippen LogP contribution in [0.3, 0.4) is 0 Å². The van der Waals surface area contributed by atoms with Gasteiger partial charge >= 0.3 is 0 Å². The molecule has 1 saturated heterocycles. The minimum Gasteiger partial charge on any atom is -0.496 e. The summed E-state index contributed by atoms with van der Waals surface area (Å²) in [5, 5.41) is 3.75. The third-order valence-electron chi connectivity index (χ3n) is 4.78. The minimum absolute atomic E-state index is 0.0936. The van der Waals surface area contributed by atoms with Gasteiger partial charge in [-0.15, -0.1) is 0 Å².